The second kappa shape index (κ2) is 13.9. The van der Waals surface area contributed by atoms with Crippen LogP contribution in [0.5, 0.6) is 5.75 Å². The first-order chi connectivity index (χ1) is 15.5. The number of amides is 2. The van der Waals surface area contributed by atoms with Crippen LogP contribution in [0.4, 0.5) is 0 Å². The SMILES string of the molecule is CCCCNC(=O)C(CC)N(CCc1ccccc1)C(=O)COc1ccc(CC)cc1Br. The molecule has 0 spiro atoms. The lowest BCUT2D eigenvalue weighted by Crippen LogP contribution is -2.51. The number of carbonyl (C=O) groups excluding carboxylic acids is 2. The van der Waals surface area contributed by atoms with Gasteiger partial charge in [0.25, 0.3) is 5.91 Å². The minimum atomic E-state index is -0.516. The number of rotatable bonds is 13. The summed E-state index contributed by atoms with van der Waals surface area (Å²) in [4.78, 5) is 27.7. The van der Waals surface area contributed by atoms with Gasteiger partial charge in [-0.2, -0.15) is 0 Å². The Morgan fingerprint density at radius 2 is 1.81 bits per heavy atom. The Balaban J connectivity index is 2.12. The molecule has 1 N–H and O–H groups in total. The highest BCUT2D eigenvalue weighted by Crippen LogP contribution is 2.26. The highest BCUT2D eigenvalue weighted by molar-refractivity contribution is 9.10. The lowest BCUT2D eigenvalue weighted by molar-refractivity contribution is -0.142. The maximum absolute atomic E-state index is 13.2. The van der Waals surface area contributed by atoms with Gasteiger partial charge in [-0.3, -0.25) is 9.59 Å². The van der Waals surface area contributed by atoms with Crippen LogP contribution in [-0.4, -0.2) is 42.5 Å². The first-order valence-corrected chi connectivity index (χ1v) is 12.3. The van der Waals surface area contributed by atoms with E-state index in [1.807, 2.05) is 55.5 Å². The number of hydrogen-bond donors (Lipinski definition) is 1. The molecule has 174 valence electrons. The number of ether oxygens (including phenoxy) is 1. The molecule has 0 saturated heterocycles. The molecule has 0 fully saturated rings. The fraction of sp³-hybridized carbons (Fsp3) is 0.462. The molecule has 0 bridgehead atoms. The van der Waals surface area contributed by atoms with E-state index in [0.717, 1.165) is 29.3 Å². The number of halogens is 1. The number of carbonyl (C=O) groups is 2. The number of nitrogens with zero attached hydrogens (tertiary/aromatic N) is 1. The van der Waals surface area contributed by atoms with E-state index in [2.05, 4.69) is 35.1 Å². The molecule has 0 aromatic heterocycles. The molecule has 0 heterocycles. The van der Waals surface area contributed by atoms with E-state index >= 15 is 0 Å². The highest BCUT2D eigenvalue weighted by Gasteiger charge is 2.28. The monoisotopic (exact) mass is 502 g/mol. The summed E-state index contributed by atoms with van der Waals surface area (Å²) in [5, 5.41) is 2.98. The molecule has 2 aromatic rings. The molecule has 0 saturated carbocycles. The predicted molar refractivity (Wildman–Crippen MR) is 133 cm³/mol. The Morgan fingerprint density at radius 3 is 2.44 bits per heavy atom. The Morgan fingerprint density at radius 1 is 1.06 bits per heavy atom. The fourth-order valence-electron chi connectivity index (χ4n) is 3.51. The second-order valence-corrected chi connectivity index (χ2v) is 8.65. The molecule has 1 unspecified atom stereocenters. The summed E-state index contributed by atoms with van der Waals surface area (Å²) in [7, 11) is 0. The van der Waals surface area contributed by atoms with E-state index in [-0.39, 0.29) is 18.4 Å². The van der Waals surface area contributed by atoms with Crippen LogP contribution in [0.25, 0.3) is 0 Å². The summed E-state index contributed by atoms with van der Waals surface area (Å²) in [6.45, 7) is 7.08. The van der Waals surface area contributed by atoms with E-state index in [9.17, 15) is 9.59 Å². The predicted octanol–water partition coefficient (Wildman–Crippen LogP) is 5.16. The lowest BCUT2D eigenvalue weighted by Gasteiger charge is -2.30. The number of hydrogen-bond acceptors (Lipinski definition) is 3. The van der Waals surface area contributed by atoms with Gasteiger partial charge < -0.3 is 15.0 Å². The molecule has 0 aliphatic carbocycles. The molecule has 2 amide bonds. The van der Waals surface area contributed by atoms with Gasteiger partial charge in [-0.1, -0.05) is 63.6 Å². The zero-order chi connectivity index (χ0) is 23.3. The van der Waals surface area contributed by atoms with Gasteiger partial charge in [0.2, 0.25) is 5.91 Å². The van der Waals surface area contributed by atoms with Crippen molar-refractivity contribution in [2.75, 3.05) is 19.7 Å². The zero-order valence-electron chi connectivity index (χ0n) is 19.4. The molecule has 0 aliphatic rings. The van der Waals surface area contributed by atoms with Crippen molar-refractivity contribution < 1.29 is 14.3 Å². The Hall–Kier alpha value is -2.34. The normalized spacial score (nSPS) is 11.6. The third-order valence-electron chi connectivity index (χ3n) is 5.46. The van der Waals surface area contributed by atoms with Crippen molar-refractivity contribution in [2.24, 2.45) is 0 Å². The van der Waals surface area contributed by atoms with E-state index in [4.69, 9.17) is 4.74 Å². The summed E-state index contributed by atoms with van der Waals surface area (Å²) in [6, 6.07) is 15.4. The van der Waals surface area contributed by atoms with Crippen LogP contribution < -0.4 is 10.1 Å². The van der Waals surface area contributed by atoms with Crippen LogP contribution in [0.1, 0.15) is 51.2 Å². The van der Waals surface area contributed by atoms with Crippen molar-refractivity contribution in [1.82, 2.24) is 10.2 Å². The van der Waals surface area contributed by atoms with E-state index in [1.165, 1.54) is 5.56 Å². The molecular weight excluding hydrogens is 468 g/mol. The topological polar surface area (TPSA) is 58.6 Å². The van der Waals surface area contributed by atoms with Crippen molar-refractivity contribution in [1.29, 1.82) is 0 Å². The molecule has 2 rings (SSSR count). The Bertz CT molecular complexity index is 857. The zero-order valence-corrected chi connectivity index (χ0v) is 21.0. The van der Waals surface area contributed by atoms with Gasteiger partial charge in [-0.15, -0.1) is 0 Å². The van der Waals surface area contributed by atoms with Crippen molar-refractivity contribution in [3.63, 3.8) is 0 Å². The third-order valence-corrected chi connectivity index (χ3v) is 6.08. The van der Waals surface area contributed by atoms with Crippen LogP contribution in [0.3, 0.4) is 0 Å². The number of benzene rings is 2. The molecule has 5 nitrogen and oxygen atoms in total. The van der Waals surface area contributed by atoms with Gasteiger partial charge in [0.1, 0.15) is 11.8 Å². The van der Waals surface area contributed by atoms with E-state index in [0.29, 0.717) is 31.7 Å². The summed E-state index contributed by atoms with van der Waals surface area (Å²) in [5.41, 5.74) is 2.32. The van der Waals surface area contributed by atoms with E-state index < -0.39 is 6.04 Å². The molecular formula is C26H35BrN2O3. The van der Waals surface area contributed by atoms with Gasteiger partial charge in [0.15, 0.2) is 6.61 Å². The quantitative estimate of drug-likeness (QED) is 0.385. The second-order valence-electron chi connectivity index (χ2n) is 7.80. The van der Waals surface area contributed by atoms with Crippen molar-refractivity contribution in [2.45, 2.75) is 58.9 Å². The van der Waals surface area contributed by atoms with Crippen LogP contribution in [-0.2, 0) is 22.4 Å². The van der Waals surface area contributed by atoms with Gasteiger partial charge >= 0.3 is 0 Å². The number of aryl methyl sites for hydroxylation is 1. The van der Waals surface area contributed by atoms with Gasteiger partial charge in [0, 0.05) is 13.1 Å². The van der Waals surface area contributed by atoms with Crippen LogP contribution in [0.2, 0.25) is 0 Å². The molecule has 32 heavy (non-hydrogen) atoms. The molecule has 1 atom stereocenters. The molecule has 2 aromatic carbocycles. The van der Waals surface area contributed by atoms with Crippen molar-refractivity contribution in [3.05, 3.63) is 64.1 Å². The summed E-state index contributed by atoms with van der Waals surface area (Å²) < 4.78 is 6.66. The summed E-state index contributed by atoms with van der Waals surface area (Å²) in [6.07, 6.45) is 4.09. The van der Waals surface area contributed by atoms with E-state index in [1.54, 1.807) is 4.90 Å². The van der Waals surface area contributed by atoms with Crippen molar-refractivity contribution in [3.8, 4) is 5.75 Å². The average molecular weight is 503 g/mol. The molecule has 6 heteroatoms. The van der Waals surface area contributed by atoms with Gasteiger partial charge in [0.05, 0.1) is 4.47 Å². The highest BCUT2D eigenvalue weighted by atomic mass is 79.9. The van der Waals surface area contributed by atoms with Crippen LogP contribution in [0, 0.1) is 0 Å². The van der Waals surface area contributed by atoms with Crippen LogP contribution in [0.15, 0.2) is 53.0 Å². The largest absolute Gasteiger partial charge is 0.483 e. The minimum Gasteiger partial charge on any atom is -0.483 e. The van der Waals surface area contributed by atoms with Crippen LogP contribution >= 0.6 is 15.9 Å². The first kappa shape index (κ1) is 25.9. The maximum Gasteiger partial charge on any atom is 0.261 e. The average Bonchev–Trinajstić information content (AvgIpc) is 2.81. The Kier molecular flexibility index (Phi) is 11.3. The minimum absolute atomic E-state index is 0.101. The summed E-state index contributed by atoms with van der Waals surface area (Å²) in [5.74, 6) is 0.333. The third kappa shape index (κ3) is 7.97. The lowest BCUT2D eigenvalue weighted by atomic mass is 10.1. The van der Waals surface area contributed by atoms with Gasteiger partial charge in [-0.25, -0.2) is 0 Å². The first-order valence-electron chi connectivity index (χ1n) is 11.5. The Labute approximate surface area is 200 Å². The summed E-state index contributed by atoms with van der Waals surface area (Å²) >= 11 is 3.52. The fourth-order valence-corrected chi connectivity index (χ4v) is 4.05. The smallest absolute Gasteiger partial charge is 0.261 e. The molecule has 0 radical (unpaired) electrons. The maximum atomic E-state index is 13.2. The van der Waals surface area contributed by atoms with Crippen molar-refractivity contribution >= 4 is 27.7 Å². The molecule has 0 aliphatic heterocycles. The van der Waals surface area contributed by atoms with Gasteiger partial charge in [-0.05, 0) is 64.9 Å². The standard InChI is InChI=1S/C26H35BrN2O3/c1-4-7-16-28-26(31)23(6-3)29(17-15-21-11-9-8-10-12-21)25(30)19-32-24-14-13-20(5-2)18-22(24)27/h8-14,18,23H,4-7,15-17,19H2,1-3H3,(H,28,31). The number of unbranched alkanes of at least 4 members (excludes halogenated alkanes) is 1. The number of nitrogens with one attached hydrogen (secondary N) is 1.